The molecule has 1 N–H and O–H groups in total. The van der Waals surface area contributed by atoms with E-state index in [0.717, 1.165) is 25.6 Å². The van der Waals surface area contributed by atoms with Crippen LogP contribution in [0.3, 0.4) is 0 Å². The Labute approximate surface area is 94.1 Å². The van der Waals surface area contributed by atoms with E-state index in [1.165, 1.54) is 13.1 Å². The molecule has 3 nitrogen and oxygen atoms in total. The normalized spacial score (nSPS) is 19.6. The number of hydrogen-bond donors (Lipinski definition) is 1. The highest BCUT2D eigenvalue weighted by molar-refractivity contribution is 4.89. The average Bonchev–Trinajstić information content (AvgIpc) is 2.06. The van der Waals surface area contributed by atoms with Crippen LogP contribution in [-0.4, -0.2) is 59.8 Å². The highest BCUT2D eigenvalue weighted by Crippen LogP contribution is 2.25. The van der Waals surface area contributed by atoms with Crippen LogP contribution in [0.1, 0.15) is 27.7 Å². The quantitative estimate of drug-likeness (QED) is 0.740. The fourth-order valence-corrected chi connectivity index (χ4v) is 2.12. The van der Waals surface area contributed by atoms with Crippen LogP contribution in [0.5, 0.6) is 0 Å². The summed E-state index contributed by atoms with van der Waals surface area (Å²) in [4.78, 5) is 4.86. The Morgan fingerprint density at radius 1 is 1.33 bits per heavy atom. The van der Waals surface area contributed by atoms with E-state index in [4.69, 9.17) is 5.11 Å². The van der Waals surface area contributed by atoms with Crippen molar-refractivity contribution in [1.29, 1.82) is 0 Å². The van der Waals surface area contributed by atoms with Crippen LogP contribution in [0.25, 0.3) is 0 Å². The van der Waals surface area contributed by atoms with Gasteiger partial charge in [-0.15, -0.1) is 0 Å². The van der Waals surface area contributed by atoms with Gasteiger partial charge in [0, 0.05) is 31.7 Å². The molecule has 1 aliphatic rings. The van der Waals surface area contributed by atoms with Gasteiger partial charge in [-0.3, -0.25) is 4.90 Å². The van der Waals surface area contributed by atoms with Gasteiger partial charge in [-0.25, -0.2) is 0 Å². The first-order valence-corrected chi connectivity index (χ1v) is 6.05. The van der Waals surface area contributed by atoms with E-state index in [1.54, 1.807) is 0 Å². The Morgan fingerprint density at radius 3 is 2.33 bits per heavy atom. The Bertz CT molecular complexity index is 183. The lowest BCUT2D eigenvalue weighted by atomic mass is 9.92. The van der Waals surface area contributed by atoms with Gasteiger partial charge >= 0.3 is 0 Å². The Morgan fingerprint density at radius 2 is 1.93 bits per heavy atom. The van der Waals surface area contributed by atoms with Gasteiger partial charge < -0.3 is 10.0 Å². The molecule has 0 aromatic carbocycles. The van der Waals surface area contributed by atoms with Gasteiger partial charge in [0.2, 0.25) is 0 Å². The minimum Gasteiger partial charge on any atom is -0.395 e. The summed E-state index contributed by atoms with van der Waals surface area (Å²) in [5, 5.41) is 8.90. The second-order valence-corrected chi connectivity index (χ2v) is 5.56. The molecule has 1 saturated heterocycles. The number of nitrogens with zero attached hydrogens (tertiary/aromatic N) is 2. The van der Waals surface area contributed by atoms with E-state index in [9.17, 15) is 0 Å². The third kappa shape index (κ3) is 3.74. The number of hydrogen-bond acceptors (Lipinski definition) is 3. The van der Waals surface area contributed by atoms with Crippen molar-refractivity contribution in [3.05, 3.63) is 0 Å². The Hall–Kier alpha value is -0.120. The van der Waals surface area contributed by atoms with Crippen LogP contribution in [0, 0.1) is 5.92 Å². The molecule has 1 heterocycles. The second-order valence-electron chi connectivity index (χ2n) is 5.56. The monoisotopic (exact) mass is 214 g/mol. The van der Waals surface area contributed by atoms with Crippen molar-refractivity contribution in [1.82, 2.24) is 9.80 Å². The van der Waals surface area contributed by atoms with Crippen LogP contribution in [0.15, 0.2) is 0 Å². The maximum atomic E-state index is 8.90. The summed E-state index contributed by atoms with van der Waals surface area (Å²) in [6.07, 6.45) is 0. The summed E-state index contributed by atoms with van der Waals surface area (Å²) in [6.45, 7) is 14.7. The van der Waals surface area contributed by atoms with Crippen molar-refractivity contribution < 1.29 is 5.11 Å². The van der Waals surface area contributed by atoms with Crippen LogP contribution >= 0.6 is 0 Å². The second kappa shape index (κ2) is 5.28. The molecular weight excluding hydrogens is 188 g/mol. The maximum absolute atomic E-state index is 8.90. The van der Waals surface area contributed by atoms with Crippen molar-refractivity contribution in [3.8, 4) is 0 Å². The zero-order valence-electron chi connectivity index (χ0n) is 10.7. The smallest absolute Gasteiger partial charge is 0.0558 e. The first-order chi connectivity index (χ1) is 6.97. The lowest BCUT2D eigenvalue weighted by Crippen LogP contribution is -2.58. The van der Waals surface area contributed by atoms with Crippen molar-refractivity contribution in [2.24, 2.45) is 5.92 Å². The molecule has 0 spiro atoms. The van der Waals surface area contributed by atoms with Gasteiger partial charge in [-0.05, 0) is 33.2 Å². The number of likely N-dealkylation sites (N-methyl/N-ethyl adjacent to an activating group) is 1. The van der Waals surface area contributed by atoms with Crippen LogP contribution in [0.4, 0.5) is 0 Å². The van der Waals surface area contributed by atoms with E-state index in [1.807, 2.05) is 0 Å². The summed E-state index contributed by atoms with van der Waals surface area (Å²) in [6, 6.07) is 0. The molecule has 0 saturated carbocycles. The first-order valence-electron chi connectivity index (χ1n) is 6.05. The molecule has 1 aliphatic heterocycles. The van der Waals surface area contributed by atoms with E-state index in [-0.39, 0.29) is 6.61 Å². The van der Waals surface area contributed by atoms with E-state index in [0.29, 0.717) is 5.54 Å². The predicted octanol–water partition coefficient (Wildman–Crippen LogP) is 1.03. The average molecular weight is 214 g/mol. The molecule has 15 heavy (non-hydrogen) atoms. The molecule has 0 atom stereocenters. The minimum absolute atomic E-state index is 0.281. The Balaban J connectivity index is 2.21. The zero-order chi connectivity index (χ0) is 11.5. The van der Waals surface area contributed by atoms with Gasteiger partial charge in [0.1, 0.15) is 0 Å². The molecule has 1 rings (SSSR count). The summed E-state index contributed by atoms with van der Waals surface area (Å²) in [5.74, 6) is 0.802. The molecule has 0 aliphatic carbocycles. The Kier molecular flexibility index (Phi) is 4.56. The summed E-state index contributed by atoms with van der Waals surface area (Å²) >= 11 is 0. The van der Waals surface area contributed by atoms with Gasteiger partial charge in [-0.2, -0.15) is 0 Å². The number of rotatable bonds is 5. The highest BCUT2D eigenvalue weighted by Gasteiger charge is 2.34. The molecule has 0 aromatic heterocycles. The molecule has 0 bridgehead atoms. The fourth-order valence-electron chi connectivity index (χ4n) is 2.12. The summed E-state index contributed by atoms with van der Waals surface area (Å²) in [7, 11) is 0. The maximum Gasteiger partial charge on any atom is 0.0558 e. The zero-order valence-corrected chi connectivity index (χ0v) is 10.7. The molecular formula is C12H26N2O. The van der Waals surface area contributed by atoms with Gasteiger partial charge in [0.15, 0.2) is 0 Å². The first kappa shape index (κ1) is 12.9. The SMILES string of the molecule is CCN(CCO)CC1CN(C(C)(C)C)C1. The van der Waals surface area contributed by atoms with E-state index in [2.05, 4.69) is 37.5 Å². The minimum atomic E-state index is 0.281. The highest BCUT2D eigenvalue weighted by atomic mass is 16.3. The molecule has 90 valence electrons. The number of aliphatic hydroxyl groups is 1. The summed E-state index contributed by atoms with van der Waals surface area (Å²) in [5.41, 5.74) is 0.324. The molecule has 0 unspecified atom stereocenters. The van der Waals surface area contributed by atoms with E-state index < -0.39 is 0 Å². The van der Waals surface area contributed by atoms with Crippen molar-refractivity contribution in [3.63, 3.8) is 0 Å². The van der Waals surface area contributed by atoms with Crippen molar-refractivity contribution in [2.75, 3.05) is 39.3 Å². The molecule has 0 radical (unpaired) electrons. The van der Waals surface area contributed by atoms with Crippen LogP contribution in [0.2, 0.25) is 0 Å². The topological polar surface area (TPSA) is 26.7 Å². The lowest BCUT2D eigenvalue weighted by molar-refractivity contribution is -0.00296. The van der Waals surface area contributed by atoms with Crippen LogP contribution < -0.4 is 0 Å². The third-order valence-electron chi connectivity index (χ3n) is 3.29. The largest absolute Gasteiger partial charge is 0.395 e. The van der Waals surface area contributed by atoms with Gasteiger partial charge in [0.05, 0.1) is 6.61 Å². The van der Waals surface area contributed by atoms with Gasteiger partial charge in [0.25, 0.3) is 0 Å². The van der Waals surface area contributed by atoms with Crippen LogP contribution in [-0.2, 0) is 0 Å². The standard InChI is InChI=1S/C12H26N2O/c1-5-13(6-7-15)8-11-9-14(10-11)12(2,3)4/h11,15H,5-10H2,1-4H3. The lowest BCUT2D eigenvalue weighted by Gasteiger charge is -2.49. The fraction of sp³-hybridized carbons (Fsp3) is 1.00. The number of aliphatic hydroxyl groups excluding tert-OH is 1. The number of likely N-dealkylation sites (tertiary alicyclic amines) is 1. The van der Waals surface area contributed by atoms with E-state index >= 15 is 0 Å². The molecule has 0 amide bonds. The van der Waals surface area contributed by atoms with Gasteiger partial charge in [-0.1, -0.05) is 6.92 Å². The molecule has 1 fully saturated rings. The molecule has 0 aromatic rings. The predicted molar refractivity (Wildman–Crippen MR) is 64.0 cm³/mol. The summed E-state index contributed by atoms with van der Waals surface area (Å²) < 4.78 is 0. The van der Waals surface area contributed by atoms with Crippen molar-refractivity contribution in [2.45, 2.75) is 33.2 Å². The third-order valence-corrected chi connectivity index (χ3v) is 3.29. The molecule has 3 heteroatoms. The van der Waals surface area contributed by atoms with Crippen molar-refractivity contribution >= 4 is 0 Å².